The quantitative estimate of drug-likeness (QED) is 0.266. The summed E-state index contributed by atoms with van der Waals surface area (Å²) in [6.07, 6.45) is -0.312. The van der Waals surface area contributed by atoms with Crippen LogP contribution in [-0.4, -0.2) is 23.0 Å². The van der Waals surface area contributed by atoms with Gasteiger partial charge in [0.25, 0.3) is 5.91 Å². The minimum atomic E-state index is -0.510. The zero-order valence-electron chi connectivity index (χ0n) is 19.1. The number of ether oxygens (including phenoxy) is 1. The van der Waals surface area contributed by atoms with Gasteiger partial charge in [-0.05, 0) is 49.6 Å². The molecule has 3 N–H and O–H groups in total. The van der Waals surface area contributed by atoms with Gasteiger partial charge in [-0.2, -0.15) is 0 Å². The molecule has 4 rings (SSSR count). The molecule has 9 heteroatoms. The minimum Gasteiger partial charge on any atom is -0.459 e. The molecule has 0 aliphatic carbocycles. The lowest BCUT2D eigenvalue weighted by molar-refractivity contribution is 0.0380. The van der Waals surface area contributed by atoms with E-state index in [4.69, 9.17) is 22.1 Å². The first-order valence-electron chi connectivity index (χ1n) is 10.7. The molecule has 1 amide bonds. The van der Waals surface area contributed by atoms with Crippen LogP contribution in [-0.2, 0) is 4.74 Å². The van der Waals surface area contributed by atoms with E-state index in [9.17, 15) is 9.59 Å². The van der Waals surface area contributed by atoms with E-state index in [0.717, 1.165) is 16.6 Å². The monoisotopic (exact) mass is 513 g/mol. The van der Waals surface area contributed by atoms with Gasteiger partial charge in [0.05, 0.1) is 11.8 Å². The number of hydrogen-bond donors (Lipinski definition) is 2. The second-order valence-electron chi connectivity index (χ2n) is 8.36. The highest BCUT2D eigenvalue weighted by Gasteiger charge is 2.26. The lowest BCUT2D eigenvalue weighted by Gasteiger charge is -2.11. The average molecular weight is 514 g/mol. The van der Waals surface area contributed by atoms with Crippen molar-refractivity contribution in [3.63, 3.8) is 0 Å². The predicted octanol–water partition coefficient (Wildman–Crippen LogP) is 7.20. The van der Waals surface area contributed by atoms with Crippen molar-refractivity contribution in [2.45, 2.75) is 39.7 Å². The number of nitrogens with two attached hydrogens (primary N) is 1. The molecule has 0 radical (unpaired) electrons. The van der Waals surface area contributed by atoms with Crippen LogP contribution in [0.5, 0.6) is 0 Å². The van der Waals surface area contributed by atoms with Gasteiger partial charge < -0.3 is 15.8 Å². The number of esters is 1. The Balaban J connectivity index is 1.72. The van der Waals surface area contributed by atoms with Crippen LogP contribution in [0.15, 0.2) is 41.8 Å². The number of nitrogens with one attached hydrogen (secondary N) is 1. The molecule has 4 aromatic rings. The number of pyridine rings is 1. The van der Waals surface area contributed by atoms with Gasteiger partial charge in [-0.1, -0.05) is 37.6 Å². The van der Waals surface area contributed by atoms with Crippen molar-refractivity contribution >= 4 is 67.1 Å². The maximum Gasteiger partial charge on any atom is 0.342 e. The van der Waals surface area contributed by atoms with E-state index in [-0.39, 0.29) is 12.0 Å². The van der Waals surface area contributed by atoms with Crippen LogP contribution in [0.2, 0.25) is 5.02 Å². The molecule has 0 atom stereocenters. The molecule has 34 heavy (non-hydrogen) atoms. The zero-order chi connectivity index (χ0) is 24.6. The summed E-state index contributed by atoms with van der Waals surface area (Å²) in [4.78, 5) is 32.0. The maximum atomic E-state index is 13.2. The molecular weight excluding hydrogens is 490 g/mol. The third kappa shape index (κ3) is 4.80. The van der Waals surface area contributed by atoms with Crippen LogP contribution < -0.4 is 11.1 Å². The van der Waals surface area contributed by atoms with Crippen LogP contribution in [0.25, 0.3) is 21.3 Å². The molecule has 3 aromatic heterocycles. The number of amides is 1. The standard InChI is InChI=1S/C25H24ClN3O3S2/c1-12(2)18-10-9-16-20(27)21(34-23(16)28-18)22(30)29-24-19(25(31)32-13(3)4)17(11-33-24)14-5-7-15(26)8-6-14/h5-13H,27H2,1-4H3,(H,29,30). The van der Waals surface area contributed by atoms with Crippen LogP contribution in [0.1, 0.15) is 59.3 Å². The zero-order valence-corrected chi connectivity index (χ0v) is 21.5. The summed E-state index contributed by atoms with van der Waals surface area (Å²) >= 11 is 8.52. The summed E-state index contributed by atoms with van der Waals surface area (Å²) in [6.45, 7) is 7.68. The molecule has 0 aliphatic rings. The number of benzene rings is 1. The van der Waals surface area contributed by atoms with E-state index >= 15 is 0 Å². The maximum absolute atomic E-state index is 13.2. The molecule has 6 nitrogen and oxygen atoms in total. The summed E-state index contributed by atoms with van der Waals surface area (Å²) < 4.78 is 5.47. The summed E-state index contributed by atoms with van der Waals surface area (Å²) in [5.74, 6) is -0.643. The Hall–Kier alpha value is -2.94. The van der Waals surface area contributed by atoms with Gasteiger partial charge in [0, 0.05) is 27.0 Å². The largest absolute Gasteiger partial charge is 0.459 e. The molecule has 0 fully saturated rings. The SMILES string of the molecule is CC(C)OC(=O)c1c(-c2ccc(Cl)cc2)csc1NC(=O)c1sc2nc(C(C)C)ccc2c1N. The lowest BCUT2D eigenvalue weighted by atomic mass is 10.0. The molecule has 1 aromatic carbocycles. The Bertz CT molecular complexity index is 1370. The number of hydrogen-bond acceptors (Lipinski definition) is 7. The summed E-state index contributed by atoms with van der Waals surface area (Å²) in [6, 6.07) is 11.0. The molecule has 176 valence electrons. The number of nitrogens with zero attached hydrogens (tertiary/aromatic N) is 1. The third-order valence-electron chi connectivity index (χ3n) is 5.13. The molecule has 0 aliphatic heterocycles. The smallest absolute Gasteiger partial charge is 0.342 e. The Labute approximate surface area is 210 Å². The highest BCUT2D eigenvalue weighted by molar-refractivity contribution is 7.21. The molecule has 0 saturated heterocycles. The molecule has 0 spiro atoms. The van der Waals surface area contributed by atoms with Gasteiger partial charge in [0.1, 0.15) is 20.3 Å². The fourth-order valence-electron chi connectivity index (χ4n) is 3.43. The normalized spacial score (nSPS) is 11.4. The van der Waals surface area contributed by atoms with Gasteiger partial charge in [-0.3, -0.25) is 4.79 Å². The molecular formula is C25H24ClN3O3S2. The van der Waals surface area contributed by atoms with Gasteiger partial charge in [-0.15, -0.1) is 22.7 Å². The van der Waals surface area contributed by atoms with Crippen LogP contribution in [0.4, 0.5) is 10.7 Å². The van der Waals surface area contributed by atoms with E-state index in [1.165, 1.54) is 22.7 Å². The Morgan fingerprint density at radius 2 is 1.79 bits per heavy atom. The summed E-state index contributed by atoms with van der Waals surface area (Å²) in [5.41, 5.74) is 9.37. The van der Waals surface area contributed by atoms with Gasteiger partial charge >= 0.3 is 5.97 Å². The van der Waals surface area contributed by atoms with Crippen molar-refractivity contribution in [3.05, 3.63) is 62.9 Å². The number of anilines is 2. The second kappa shape index (κ2) is 9.74. The summed E-state index contributed by atoms with van der Waals surface area (Å²) in [5, 5.41) is 6.43. The van der Waals surface area contributed by atoms with E-state index in [1.807, 2.05) is 29.6 Å². The summed E-state index contributed by atoms with van der Waals surface area (Å²) in [7, 11) is 0. The van der Waals surface area contributed by atoms with Gasteiger partial charge in [-0.25, -0.2) is 9.78 Å². The van der Waals surface area contributed by atoms with Crippen molar-refractivity contribution in [1.29, 1.82) is 0 Å². The number of carbonyl (C=O) groups excluding carboxylic acids is 2. The van der Waals surface area contributed by atoms with E-state index in [0.29, 0.717) is 36.5 Å². The van der Waals surface area contributed by atoms with Crippen LogP contribution in [0.3, 0.4) is 0 Å². The number of carbonyl (C=O) groups is 2. The first kappa shape index (κ1) is 24.2. The molecule has 0 saturated carbocycles. The van der Waals surface area contributed by atoms with Crippen molar-refractivity contribution < 1.29 is 14.3 Å². The van der Waals surface area contributed by atoms with Gasteiger partial charge in [0.15, 0.2) is 0 Å². The van der Waals surface area contributed by atoms with Crippen LogP contribution >= 0.6 is 34.3 Å². The first-order chi connectivity index (χ1) is 16.2. The van der Waals surface area contributed by atoms with Crippen molar-refractivity contribution in [2.75, 3.05) is 11.1 Å². The Kier molecular flexibility index (Phi) is 6.93. The number of aromatic nitrogens is 1. The van der Waals surface area contributed by atoms with Crippen molar-refractivity contribution in [1.82, 2.24) is 4.98 Å². The molecule has 3 heterocycles. The fourth-order valence-corrected chi connectivity index (χ4v) is 5.50. The van der Waals surface area contributed by atoms with E-state index < -0.39 is 11.9 Å². The van der Waals surface area contributed by atoms with E-state index in [1.54, 1.807) is 26.0 Å². The molecule has 0 bridgehead atoms. The van der Waals surface area contributed by atoms with Crippen molar-refractivity contribution in [2.24, 2.45) is 0 Å². The number of halogens is 1. The van der Waals surface area contributed by atoms with E-state index in [2.05, 4.69) is 24.1 Å². The number of thiophene rings is 2. The average Bonchev–Trinajstić information content (AvgIpc) is 3.34. The number of fused-ring (bicyclic) bond motifs is 1. The van der Waals surface area contributed by atoms with Crippen LogP contribution in [0, 0.1) is 0 Å². The number of nitrogen functional groups attached to an aromatic ring is 1. The third-order valence-corrected chi connectivity index (χ3v) is 7.39. The van der Waals surface area contributed by atoms with Crippen molar-refractivity contribution in [3.8, 4) is 11.1 Å². The predicted molar refractivity (Wildman–Crippen MR) is 141 cm³/mol. The minimum absolute atomic E-state index is 0.261. The molecule has 0 unspecified atom stereocenters. The Morgan fingerprint density at radius 3 is 2.44 bits per heavy atom. The fraction of sp³-hybridized carbons (Fsp3) is 0.240. The second-order valence-corrected chi connectivity index (χ2v) is 10.7. The highest BCUT2D eigenvalue weighted by Crippen LogP contribution is 2.39. The lowest BCUT2D eigenvalue weighted by Crippen LogP contribution is -2.16. The first-order valence-corrected chi connectivity index (χ1v) is 12.8. The topological polar surface area (TPSA) is 94.3 Å². The van der Waals surface area contributed by atoms with Gasteiger partial charge in [0.2, 0.25) is 0 Å². The Morgan fingerprint density at radius 1 is 1.09 bits per heavy atom. The number of rotatable bonds is 6. The highest BCUT2D eigenvalue weighted by atomic mass is 35.5.